The molecule has 0 saturated carbocycles. The molecule has 2 unspecified atom stereocenters. The molecular weight excluding hydrogens is 316 g/mol. The number of fused-ring (bicyclic) bond motifs is 1. The number of rotatable bonds is 5. The number of benzene rings is 1. The Morgan fingerprint density at radius 3 is 2.80 bits per heavy atom. The van der Waals surface area contributed by atoms with Gasteiger partial charge in [-0.2, -0.15) is 0 Å². The van der Waals surface area contributed by atoms with Gasteiger partial charge in [-0.3, -0.25) is 4.90 Å². The Hall–Kier alpha value is -1.95. The molecule has 0 amide bonds. The van der Waals surface area contributed by atoms with E-state index in [-0.39, 0.29) is 0 Å². The molecule has 1 fully saturated rings. The van der Waals surface area contributed by atoms with E-state index in [0.717, 1.165) is 42.7 Å². The van der Waals surface area contributed by atoms with Gasteiger partial charge >= 0.3 is 0 Å². The van der Waals surface area contributed by atoms with Crippen LogP contribution in [0.15, 0.2) is 23.2 Å². The normalized spacial score (nSPS) is 23.3. The van der Waals surface area contributed by atoms with Crippen LogP contribution in [-0.2, 0) is 6.54 Å². The summed E-state index contributed by atoms with van der Waals surface area (Å²) >= 11 is 0. The smallest absolute Gasteiger partial charge is 0.231 e. The van der Waals surface area contributed by atoms with Crippen LogP contribution in [0.3, 0.4) is 0 Å². The van der Waals surface area contributed by atoms with Gasteiger partial charge in [0.05, 0.1) is 6.54 Å². The molecule has 3 rings (SSSR count). The van der Waals surface area contributed by atoms with Crippen LogP contribution in [-0.4, -0.2) is 49.4 Å². The Morgan fingerprint density at radius 1 is 1.28 bits per heavy atom. The molecule has 0 aliphatic carbocycles. The molecule has 1 aromatic rings. The highest BCUT2D eigenvalue weighted by molar-refractivity contribution is 5.80. The molecule has 2 N–H and O–H groups in total. The van der Waals surface area contributed by atoms with Crippen LogP contribution in [0, 0.1) is 5.92 Å². The molecule has 2 aliphatic rings. The Bertz CT molecular complexity index is 617. The average molecular weight is 346 g/mol. The zero-order chi connectivity index (χ0) is 17.8. The molecule has 0 radical (unpaired) electrons. The molecule has 0 bridgehead atoms. The lowest BCUT2D eigenvalue weighted by Gasteiger charge is -2.22. The summed E-state index contributed by atoms with van der Waals surface area (Å²) in [4.78, 5) is 7.27. The van der Waals surface area contributed by atoms with Crippen molar-refractivity contribution in [2.24, 2.45) is 10.9 Å². The highest BCUT2D eigenvalue weighted by Gasteiger charge is 2.31. The zero-order valence-corrected chi connectivity index (χ0v) is 15.7. The number of likely N-dealkylation sites (tertiary alicyclic amines) is 1. The minimum Gasteiger partial charge on any atom is -0.454 e. The van der Waals surface area contributed by atoms with E-state index in [1.165, 1.54) is 0 Å². The lowest BCUT2D eigenvalue weighted by atomic mass is 10.1. The first kappa shape index (κ1) is 17.9. The van der Waals surface area contributed by atoms with Gasteiger partial charge in [0.15, 0.2) is 17.5 Å². The molecule has 2 heterocycles. The molecule has 0 aromatic heterocycles. The van der Waals surface area contributed by atoms with Crippen molar-refractivity contribution in [3.8, 4) is 11.5 Å². The van der Waals surface area contributed by atoms with E-state index in [9.17, 15) is 0 Å². The first-order valence-electron chi connectivity index (χ1n) is 9.24. The van der Waals surface area contributed by atoms with Crippen LogP contribution in [0.4, 0.5) is 0 Å². The van der Waals surface area contributed by atoms with Gasteiger partial charge in [-0.25, -0.2) is 4.99 Å². The highest BCUT2D eigenvalue weighted by Crippen LogP contribution is 2.32. The summed E-state index contributed by atoms with van der Waals surface area (Å²) in [6.45, 7) is 12.9. The van der Waals surface area contributed by atoms with Crippen LogP contribution in [0.1, 0.15) is 33.3 Å². The fourth-order valence-electron chi connectivity index (χ4n) is 3.32. The molecule has 25 heavy (non-hydrogen) atoms. The Balaban J connectivity index is 1.63. The molecule has 2 aliphatic heterocycles. The Morgan fingerprint density at radius 2 is 2.08 bits per heavy atom. The van der Waals surface area contributed by atoms with Crippen LogP contribution in [0.2, 0.25) is 0 Å². The molecule has 0 spiro atoms. The third kappa shape index (κ3) is 4.37. The van der Waals surface area contributed by atoms with E-state index in [1.54, 1.807) is 0 Å². The highest BCUT2D eigenvalue weighted by atomic mass is 16.7. The number of hydrogen-bond acceptors (Lipinski definition) is 4. The Labute approximate surface area is 150 Å². The molecule has 2 atom stereocenters. The quantitative estimate of drug-likeness (QED) is 0.632. The third-order valence-corrected chi connectivity index (χ3v) is 4.89. The van der Waals surface area contributed by atoms with Crippen molar-refractivity contribution in [3.63, 3.8) is 0 Å². The van der Waals surface area contributed by atoms with Gasteiger partial charge in [0.1, 0.15) is 0 Å². The summed E-state index contributed by atoms with van der Waals surface area (Å²) < 4.78 is 10.8. The molecule has 1 aromatic carbocycles. The van der Waals surface area contributed by atoms with E-state index < -0.39 is 0 Å². The second-order valence-electron chi connectivity index (χ2n) is 7.16. The van der Waals surface area contributed by atoms with Crippen molar-refractivity contribution in [2.75, 3.05) is 26.4 Å². The van der Waals surface area contributed by atoms with E-state index >= 15 is 0 Å². The van der Waals surface area contributed by atoms with Gasteiger partial charge < -0.3 is 20.1 Å². The number of guanidine groups is 1. The average Bonchev–Trinajstić information content (AvgIpc) is 3.19. The van der Waals surface area contributed by atoms with E-state index in [4.69, 9.17) is 14.5 Å². The molecule has 6 heteroatoms. The van der Waals surface area contributed by atoms with Gasteiger partial charge in [-0.15, -0.1) is 0 Å². The number of hydrogen-bond donors (Lipinski definition) is 2. The summed E-state index contributed by atoms with van der Waals surface area (Å²) in [6.07, 6.45) is 0. The van der Waals surface area contributed by atoms with Crippen molar-refractivity contribution in [1.82, 2.24) is 15.5 Å². The predicted molar refractivity (Wildman–Crippen MR) is 100 cm³/mol. The van der Waals surface area contributed by atoms with Gasteiger partial charge in [0.25, 0.3) is 0 Å². The topological polar surface area (TPSA) is 58.1 Å². The second-order valence-corrected chi connectivity index (χ2v) is 7.16. The fraction of sp³-hybridized carbons (Fsp3) is 0.632. The SMILES string of the molecule is CCNC(=NCc1ccc2c(c1)OCO2)NC1CN(C(C)C)CC1C. The maximum Gasteiger partial charge on any atom is 0.231 e. The number of nitrogens with one attached hydrogen (secondary N) is 2. The lowest BCUT2D eigenvalue weighted by molar-refractivity contribution is 0.174. The Kier molecular flexibility index (Phi) is 5.68. The number of aliphatic imine (C=N–C) groups is 1. The maximum atomic E-state index is 5.44. The van der Waals surface area contributed by atoms with Crippen molar-refractivity contribution in [1.29, 1.82) is 0 Å². The molecule has 6 nitrogen and oxygen atoms in total. The van der Waals surface area contributed by atoms with Gasteiger partial charge in [-0.1, -0.05) is 13.0 Å². The van der Waals surface area contributed by atoms with Gasteiger partial charge in [0, 0.05) is 31.7 Å². The van der Waals surface area contributed by atoms with Crippen molar-refractivity contribution < 1.29 is 9.47 Å². The maximum absolute atomic E-state index is 5.44. The lowest BCUT2D eigenvalue weighted by Crippen LogP contribution is -2.46. The summed E-state index contributed by atoms with van der Waals surface area (Å²) in [5.41, 5.74) is 1.12. The molecule has 138 valence electrons. The number of nitrogens with zero attached hydrogens (tertiary/aromatic N) is 2. The first-order chi connectivity index (χ1) is 12.1. The molecule has 1 saturated heterocycles. The third-order valence-electron chi connectivity index (χ3n) is 4.89. The van der Waals surface area contributed by atoms with E-state index in [2.05, 4.69) is 43.2 Å². The summed E-state index contributed by atoms with van der Waals surface area (Å²) in [6, 6.07) is 7.01. The van der Waals surface area contributed by atoms with Crippen molar-refractivity contribution in [2.45, 2.75) is 46.3 Å². The molecular formula is C19H30N4O2. The minimum absolute atomic E-state index is 0.304. The van der Waals surface area contributed by atoms with E-state index in [1.807, 2.05) is 18.2 Å². The number of ether oxygens (including phenoxy) is 2. The standard InChI is InChI=1S/C19H30N4O2/c1-5-20-19(22-16-11-23(13(2)3)10-14(16)4)21-9-15-6-7-17-18(8-15)25-12-24-17/h6-8,13-14,16H,5,9-12H2,1-4H3,(H2,20,21,22). The van der Waals surface area contributed by atoms with Gasteiger partial charge in [-0.05, 0) is 44.4 Å². The largest absolute Gasteiger partial charge is 0.454 e. The second kappa shape index (κ2) is 7.95. The predicted octanol–water partition coefficient (Wildman–Crippen LogP) is 2.20. The summed E-state index contributed by atoms with van der Waals surface area (Å²) in [5.74, 6) is 3.10. The van der Waals surface area contributed by atoms with Crippen LogP contribution in [0.25, 0.3) is 0 Å². The monoisotopic (exact) mass is 346 g/mol. The fourth-order valence-corrected chi connectivity index (χ4v) is 3.32. The van der Waals surface area contributed by atoms with Crippen LogP contribution >= 0.6 is 0 Å². The van der Waals surface area contributed by atoms with E-state index in [0.29, 0.717) is 31.3 Å². The first-order valence-corrected chi connectivity index (χ1v) is 9.24. The van der Waals surface area contributed by atoms with Gasteiger partial charge in [0.2, 0.25) is 6.79 Å². The van der Waals surface area contributed by atoms with Crippen molar-refractivity contribution >= 4 is 5.96 Å². The minimum atomic E-state index is 0.304. The summed E-state index contributed by atoms with van der Waals surface area (Å²) in [7, 11) is 0. The van der Waals surface area contributed by atoms with Crippen LogP contribution in [0.5, 0.6) is 11.5 Å². The summed E-state index contributed by atoms with van der Waals surface area (Å²) in [5, 5.41) is 6.98. The zero-order valence-electron chi connectivity index (χ0n) is 15.7. The van der Waals surface area contributed by atoms with Crippen LogP contribution < -0.4 is 20.1 Å². The van der Waals surface area contributed by atoms with Crippen molar-refractivity contribution in [3.05, 3.63) is 23.8 Å².